The predicted molar refractivity (Wildman–Crippen MR) is 114 cm³/mol. The fourth-order valence-corrected chi connectivity index (χ4v) is 5.30. The van der Waals surface area contributed by atoms with E-state index >= 15 is 0 Å². The van der Waals surface area contributed by atoms with Crippen molar-refractivity contribution in [3.05, 3.63) is 48.5 Å². The van der Waals surface area contributed by atoms with Gasteiger partial charge in [-0.25, -0.2) is 13.1 Å². The van der Waals surface area contributed by atoms with E-state index in [-0.39, 0.29) is 23.4 Å². The second-order valence-electron chi connectivity index (χ2n) is 7.62. The molecule has 158 valence electrons. The molecular weight excluding hydrogens is 402 g/mol. The number of aromatic nitrogens is 3. The van der Waals surface area contributed by atoms with Crippen molar-refractivity contribution in [2.75, 3.05) is 12.4 Å². The van der Waals surface area contributed by atoms with Gasteiger partial charge in [-0.3, -0.25) is 4.79 Å². The van der Waals surface area contributed by atoms with Crippen LogP contribution in [0, 0.1) is 0 Å². The summed E-state index contributed by atoms with van der Waals surface area (Å²) in [6.45, 7) is 0.0188. The van der Waals surface area contributed by atoms with Crippen LogP contribution in [0.2, 0.25) is 0 Å². The minimum absolute atomic E-state index is 0.0188. The second kappa shape index (κ2) is 8.53. The normalized spacial score (nSPS) is 15.5. The highest BCUT2D eigenvalue weighted by Gasteiger charge is 2.28. The Labute approximate surface area is 175 Å². The lowest BCUT2D eigenvalue weighted by Gasteiger charge is -2.30. The van der Waals surface area contributed by atoms with Crippen LogP contribution in [0.1, 0.15) is 32.1 Å². The smallest absolute Gasteiger partial charge is 0.246 e. The summed E-state index contributed by atoms with van der Waals surface area (Å²) in [6.07, 6.45) is 5.11. The number of para-hydroxylation sites is 1. The van der Waals surface area contributed by atoms with Gasteiger partial charge in [-0.1, -0.05) is 36.6 Å². The molecule has 0 saturated heterocycles. The minimum Gasteiger partial charge on any atom is -0.324 e. The Kier molecular flexibility index (Phi) is 5.83. The van der Waals surface area contributed by atoms with Crippen molar-refractivity contribution >= 4 is 32.7 Å². The molecule has 1 N–H and O–H groups in total. The molecule has 3 aromatic rings. The quantitative estimate of drug-likeness (QED) is 0.652. The van der Waals surface area contributed by atoms with Crippen molar-refractivity contribution in [2.45, 2.75) is 49.6 Å². The highest BCUT2D eigenvalue weighted by atomic mass is 32.2. The molecule has 0 aliphatic heterocycles. The molecule has 1 heterocycles. The van der Waals surface area contributed by atoms with Crippen molar-refractivity contribution in [1.82, 2.24) is 19.3 Å². The first kappa shape index (κ1) is 20.5. The van der Waals surface area contributed by atoms with Crippen molar-refractivity contribution in [1.29, 1.82) is 0 Å². The van der Waals surface area contributed by atoms with Crippen LogP contribution in [0.4, 0.5) is 5.69 Å². The van der Waals surface area contributed by atoms with E-state index in [1.807, 2.05) is 24.3 Å². The highest BCUT2D eigenvalue weighted by Crippen LogP contribution is 2.27. The molecule has 4 rings (SSSR count). The topological polar surface area (TPSA) is 97.2 Å². The summed E-state index contributed by atoms with van der Waals surface area (Å²) in [5.74, 6) is -0.263. The number of nitrogens with zero attached hydrogens (tertiary/aromatic N) is 4. The molecule has 0 unspecified atom stereocenters. The number of hydrogen-bond donors (Lipinski definition) is 1. The third kappa shape index (κ3) is 4.22. The number of carbonyl (C=O) groups excluding carboxylic acids is 1. The number of rotatable bonds is 6. The van der Waals surface area contributed by atoms with Crippen molar-refractivity contribution in [3.63, 3.8) is 0 Å². The highest BCUT2D eigenvalue weighted by molar-refractivity contribution is 7.89. The molecule has 1 amide bonds. The average Bonchev–Trinajstić information content (AvgIpc) is 3.17. The molecule has 1 aliphatic rings. The first-order valence-corrected chi connectivity index (χ1v) is 11.6. The summed E-state index contributed by atoms with van der Waals surface area (Å²) in [7, 11) is -1.89. The van der Waals surface area contributed by atoms with Gasteiger partial charge in [-0.2, -0.15) is 4.31 Å². The number of hydrogen-bond acceptors (Lipinski definition) is 5. The molecule has 30 heavy (non-hydrogen) atoms. The molecule has 0 radical (unpaired) electrons. The standard InChI is InChI=1S/C21H25N5O3S/c1-25(17-7-3-2-4-8-17)30(28,29)18-13-11-16(12-14-18)22-21(27)15-26-20-10-6-5-9-19(20)23-24-26/h5-6,9-14,17H,2-4,7-8,15H2,1H3,(H,22,27). The van der Waals surface area contributed by atoms with Gasteiger partial charge in [0.25, 0.3) is 0 Å². The zero-order chi connectivity index (χ0) is 21.1. The van der Waals surface area contributed by atoms with Crippen LogP contribution in [0.15, 0.2) is 53.4 Å². The predicted octanol–water partition coefficient (Wildman–Crippen LogP) is 3.02. The van der Waals surface area contributed by atoms with Crippen LogP contribution in [-0.2, 0) is 21.4 Å². The van der Waals surface area contributed by atoms with Crippen molar-refractivity contribution in [3.8, 4) is 0 Å². The Balaban J connectivity index is 1.42. The summed E-state index contributed by atoms with van der Waals surface area (Å²) in [5, 5.41) is 10.8. The van der Waals surface area contributed by atoms with Gasteiger partial charge in [0.15, 0.2) is 0 Å². The van der Waals surface area contributed by atoms with Crippen LogP contribution in [-0.4, -0.2) is 46.7 Å². The molecule has 1 aliphatic carbocycles. The van der Waals surface area contributed by atoms with E-state index in [1.165, 1.54) is 27.5 Å². The van der Waals surface area contributed by atoms with Gasteiger partial charge >= 0.3 is 0 Å². The van der Waals surface area contributed by atoms with E-state index in [9.17, 15) is 13.2 Å². The molecular formula is C21H25N5O3S. The fourth-order valence-electron chi connectivity index (χ4n) is 3.89. The van der Waals surface area contributed by atoms with Crippen molar-refractivity contribution in [2.24, 2.45) is 0 Å². The number of carbonyl (C=O) groups is 1. The van der Waals surface area contributed by atoms with Crippen LogP contribution < -0.4 is 5.32 Å². The molecule has 9 heteroatoms. The maximum atomic E-state index is 12.9. The van der Waals surface area contributed by atoms with Gasteiger partial charge in [0.2, 0.25) is 15.9 Å². The van der Waals surface area contributed by atoms with E-state index in [1.54, 1.807) is 19.2 Å². The summed E-state index contributed by atoms with van der Waals surface area (Å²) >= 11 is 0. The average molecular weight is 428 g/mol. The number of nitrogens with one attached hydrogen (secondary N) is 1. The zero-order valence-corrected chi connectivity index (χ0v) is 17.7. The number of benzene rings is 2. The van der Waals surface area contributed by atoms with Crippen LogP contribution in [0.25, 0.3) is 11.0 Å². The maximum Gasteiger partial charge on any atom is 0.246 e. The largest absolute Gasteiger partial charge is 0.324 e. The minimum atomic E-state index is -3.55. The van der Waals surface area contributed by atoms with E-state index in [2.05, 4.69) is 15.6 Å². The molecule has 2 aromatic carbocycles. The first-order valence-electron chi connectivity index (χ1n) is 10.1. The van der Waals surface area contributed by atoms with E-state index < -0.39 is 10.0 Å². The third-order valence-corrected chi connectivity index (χ3v) is 7.54. The second-order valence-corrected chi connectivity index (χ2v) is 9.62. The zero-order valence-electron chi connectivity index (χ0n) is 16.9. The Morgan fingerprint density at radius 3 is 2.53 bits per heavy atom. The van der Waals surface area contributed by atoms with Gasteiger partial charge in [0.05, 0.1) is 10.4 Å². The van der Waals surface area contributed by atoms with Crippen LogP contribution in [0.5, 0.6) is 0 Å². The SMILES string of the molecule is CN(C1CCCCC1)S(=O)(=O)c1ccc(NC(=O)Cn2nnc3ccccc32)cc1. The maximum absolute atomic E-state index is 12.9. The summed E-state index contributed by atoms with van der Waals surface area (Å²) in [4.78, 5) is 12.6. The molecule has 0 bridgehead atoms. The number of sulfonamides is 1. The van der Waals surface area contributed by atoms with Gasteiger partial charge in [0.1, 0.15) is 12.1 Å². The number of fused-ring (bicyclic) bond motifs is 1. The molecule has 1 saturated carbocycles. The lowest BCUT2D eigenvalue weighted by molar-refractivity contribution is -0.116. The Morgan fingerprint density at radius 1 is 1.10 bits per heavy atom. The van der Waals surface area contributed by atoms with Crippen LogP contribution >= 0.6 is 0 Å². The van der Waals surface area contributed by atoms with Gasteiger partial charge in [0, 0.05) is 18.8 Å². The monoisotopic (exact) mass is 427 g/mol. The molecule has 8 nitrogen and oxygen atoms in total. The molecule has 1 aromatic heterocycles. The summed E-state index contributed by atoms with van der Waals surface area (Å²) < 4.78 is 28.9. The lowest BCUT2D eigenvalue weighted by Crippen LogP contribution is -2.38. The molecule has 0 spiro atoms. The Hall–Kier alpha value is -2.78. The Morgan fingerprint density at radius 2 is 1.80 bits per heavy atom. The number of anilines is 1. The molecule has 0 atom stereocenters. The summed E-state index contributed by atoms with van der Waals surface area (Å²) in [5.41, 5.74) is 2.03. The van der Waals surface area contributed by atoms with E-state index in [4.69, 9.17) is 0 Å². The lowest BCUT2D eigenvalue weighted by atomic mass is 9.96. The van der Waals surface area contributed by atoms with Gasteiger partial charge in [-0.15, -0.1) is 5.10 Å². The van der Waals surface area contributed by atoms with E-state index in [0.717, 1.165) is 36.7 Å². The van der Waals surface area contributed by atoms with Gasteiger partial charge in [-0.05, 0) is 49.2 Å². The number of amides is 1. The third-order valence-electron chi connectivity index (χ3n) is 5.62. The Bertz CT molecular complexity index is 1130. The van der Waals surface area contributed by atoms with Crippen LogP contribution in [0.3, 0.4) is 0 Å². The first-order chi connectivity index (χ1) is 14.4. The summed E-state index contributed by atoms with van der Waals surface area (Å²) in [6, 6.07) is 13.8. The van der Waals surface area contributed by atoms with Crippen molar-refractivity contribution < 1.29 is 13.2 Å². The molecule has 1 fully saturated rings. The van der Waals surface area contributed by atoms with E-state index in [0.29, 0.717) is 5.69 Å². The fraction of sp³-hybridized carbons (Fsp3) is 0.381. The van der Waals surface area contributed by atoms with Gasteiger partial charge < -0.3 is 5.32 Å².